The molecule has 124 valence electrons. The average molecular weight is 386 g/mol. The van der Waals surface area contributed by atoms with Gasteiger partial charge in [0.25, 0.3) is 0 Å². The van der Waals surface area contributed by atoms with E-state index in [0.717, 1.165) is 35.8 Å². The number of aromatic nitrogens is 1. The minimum atomic E-state index is -1.73. The molecule has 0 aliphatic heterocycles. The summed E-state index contributed by atoms with van der Waals surface area (Å²) in [5.74, 6) is 0. The normalized spacial score (nSPS) is 27.0. The first-order chi connectivity index (χ1) is 10.0. The Morgan fingerprint density at radius 2 is 1.86 bits per heavy atom. The molecule has 1 fully saturated rings. The van der Waals surface area contributed by atoms with Crippen LogP contribution in [0.25, 0.3) is 0 Å². The average Bonchev–Trinajstić information content (AvgIpc) is 2.41. The van der Waals surface area contributed by atoms with E-state index in [1.807, 2.05) is 12.1 Å². The molecule has 1 N–H and O–H groups in total. The molecule has 0 radical (unpaired) electrons. The fourth-order valence-corrected chi connectivity index (χ4v) is 4.34. The zero-order valence-electron chi connectivity index (χ0n) is 14.3. The van der Waals surface area contributed by atoms with Gasteiger partial charge >= 0.3 is 0 Å². The number of pyridine rings is 1. The van der Waals surface area contributed by atoms with Gasteiger partial charge in [0.15, 0.2) is 8.32 Å². The molecule has 1 aromatic heterocycles. The van der Waals surface area contributed by atoms with Gasteiger partial charge in [-0.2, -0.15) is 0 Å². The second-order valence-corrected chi connectivity index (χ2v) is 13.6. The monoisotopic (exact) mass is 385 g/mol. The van der Waals surface area contributed by atoms with Gasteiger partial charge in [0.1, 0.15) is 5.60 Å². The van der Waals surface area contributed by atoms with Crippen molar-refractivity contribution in [1.82, 2.24) is 4.98 Å². The Bertz CT molecular complexity index is 502. The summed E-state index contributed by atoms with van der Waals surface area (Å²) < 4.78 is 7.43. The van der Waals surface area contributed by atoms with Crippen molar-refractivity contribution in [2.45, 2.75) is 76.3 Å². The van der Waals surface area contributed by atoms with Crippen molar-refractivity contribution < 1.29 is 9.53 Å². The summed E-state index contributed by atoms with van der Waals surface area (Å²) in [4.78, 5) is 4.38. The molecule has 0 aromatic carbocycles. The summed E-state index contributed by atoms with van der Waals surface area (Å²) in [6, 6.07) is 3.86. The number of hydrogen-bond donors (Lipinski definition) is 1. The van der Waals surface area contributed by atoms with Gasteiger partial charge in [-0.3, -0.25) is 4.98 Å². The Morgan fingerprint density at radius 3 is 2.32 bits per heavy atom. The molecule has 1 aliphatic carbocycles. The maximum Gasteiger partial charge on any atom is 0.192 e. The third kappa shape index (κ3) is 3.99. The van der Waals surface area contributed by atoms with Crippen LogP contribution in [-0.4, -0.2) is 24.5 Å². The van der Waals surface area contributed by atoms with Gasteiger partial charge in [0, 0.05) is 16.8 Å². The standard InChI is InChI=1S/C17H28BrNO2Si/c1-16(2,3)22(4,5)21-14-8-10-17(20,11-9-14)15-7-6-13(18)12-19-15/h6-7,12,14,20H,8-11H2,1-5H3. The third-order valence-corrected chi connectivity index (χ3v) is 10.2. The minimum absolute atomic E-state index is 0.230. The Balaban J connectivity index is 1.99. The van der Waals surface area contributed by atoms with Crippen LogP contribution in [-0.2, 0) is 10.0 Å². The van der Waals surface area contributed by atoms with Crippen molar-refractivity contribution in [3.05, 3.63) is 28.5 Å². The van der Waals surface area contributed by atoms with Crippen LogP contribution < -0.4 is 0 Å². The predicted molar refractivity (Wildman–Crippen MR) is 96.4 cm³/mol. The van der Waals surface area contributed by atoms with E-state index in [4.69, 9.17) is 4.43 Å². The van der Waals surface area contributed by atoms with Gasteiger partial charge < -0.3 is 9.53 Å². The van der Waals surface area contributed by atoms with Crippen LogP contribution in [0.3, 0.4) is 0 Å². The molecule has 0 spiro atoms. The second kappa shape index (κ2) is 6.34. The summed E-state index contributed by atoms with van der Waals surface area (Å²) >= 11 is 3.39. The van der Waals surface area contributed by atoms with Crippen molar-refractivity contribution >= 4 is 24.2 Å². The number of halogens is 1. The molecule has 0 bridgehead atoms. The lowest BCUT2D eigenvalue weighted by molar-refractivity contribution is -0.0361. The summed E-state index contributed by atoms with van der Waals surface area (Å²) in [5, 5.41) is 11.1. The Morgan fingerprint density at radius 1 is 1.27 bits per heavy atom. The second-order valence-electron chi connectivity index (χ2n) is 7.97. The molecule has 0 amide bonds. The number of nitrogens with zero attached hydrogens (tertiary/aromatic N) is 1. The summed E-state index contributed by atoms with van der Waals surface area (Å²) in [6.07, 6.45) is 5.28. The summed E-state index contributed by atoms with van der Waals surface area (Å²) in [7, 11) is -1.73. The van der Waals surface area contributed by atoms with Crippen molar-refractivity contribution in [2.75, 3.05) is 0 Å². The van der Waals surface area contributed by atoms with E-state index in [-0.39, 0.29) is 11.1 Å². The van der Waals surface area contributed by atoms with Gasteiger partial charge in [0.05, 0.1) is 5.69 Å². The summed E-state index contributed by atoms with van der Waals surface area (Å²) in [5.41, 5.74) is -0.0185. The molecule has 2 rings (SSSR count). The lowest BCUT2D eigenvalue weighted by Crippen LogP contribution is -2.46. The smallest absolute Gasteiger partial charge is 0.192 e. The van der Waals surface area contributed by atoms with Crippen molar-refractivity contribution in [2.24, 2.45) is 0 Å². The molecule has 1 aromatic rings. The first-order valence-corrected chi connectivity index (χ1v) is 11.8. The molecular formula is C17H28BrNO2Si. The highest BCUT2D eigenvalue weighted by molar-refractivity contribution is 9.10. The Labute approximate surface area is 143 Å². The maximum absolute atomic E-state index is 10.9. The highest BCUT2D eigenvalue weighted by Crippen LogP contribution is 2.42. The first kappa shape index (κ1) is 18.1. The molecule has 1 aliphatic rings. The molecule has 1 saturated carbocycles. The zero-order valence-corrected chi connectivity index (χ0v) is 16.9. The highest BCUT2D eigenvalue weighted by atomic mass is 79.9. The van der Waals surface area contributed by atoms with Gasteiger partial charge in [0.2, 0.25) is 0 Å². The first-order valence-electron chi connectivity index (χ1n) is 8.06. The van der Waals surface area contributed by atoms with E-state index in [1.54, 1.807) is 6.20 Å². The van der Waals surface area contributed by atoms with E-state index in [9.17, 15) is 5.11 Å². The number of aliphatic hydroxyl groups is 1. The minimum Gasteiger partial charge on any atom is -0.414 e. The predicted octanol–water partition coefficient (Wildman–Crippen LogP) is 5.00. The Kier molecular flexibility index (Phi) is 5.22. The molecule has 1 heterocycles. The van der Waals surface area contributed by atoms with Crippen LogP contribution >= 0.6 is 15.9 Å². The Hall–Kier alpha value is -0.233. The van der Waals surface area contributed by atoms with Gasteiger partial charge in [-0.05, 0) is 71.9 Å². The van der Waals surface area contributed by atoms with Crippen LogP contribution in [0.4, 0.5) is 0 Å². The van der Waals surface area contributed by atoms with Crippen LogP contribution in [0.15, 0.2) is 22.8 Å². The van der Waals surface area contributed by atoms with Crippen molar-refractivity contribution in [3.63, 3.8) is 0 Å². The van der Waals surface area contributed by atoms with Crippen LogP contribution in [0, 0.1) is 0 Å². The lowest BCUT2D eigenvalue weighted by atomic mass is 9.81. The number of rotatable bonds is 3. The molecule has 3 nitrogen and oxygen atoms in total. The van der Waals surface area contributed by atoms with E-state index in [1.165, 1.54) is 0 Å². The zero-order chi connectivity index (χ0) is 16.6. The van der Waals surface area contributed by atoms with E-state index < -0.39 is 13.9 Å². The van der Waals surface area contributed by atoms with Gasteiger partial charge in [-0.15, -0.1) is 0 Å². The summed E-state index contributed by atoms with van der Waals surface area (Å²) in [6.45, 7) is 11.4. The highest BCUT2D eigenvalue weighted by Gasteiger charge is 2.42. The third-order valence-electron chi connectivity index (χ3n) is 5.23. The molecular weight excluding hydrogens is 358 g/mol. The van der Waals surface area contributed by atoms with Crippen LogP contribution in [0.5, 0.6) is 0 Å². The topological polar surface area (TPSA) is 42.4 Å². The largest absolute Gasteiger partial charge is 0.414 e. The molecule has 22 heavy (non-hydrogen) atoms. The fraction of sp³-hybridized carbons (Fsp3) is 0.706. The SMILES string of the molecule is CC(C)(C)[Si](C)(C)OC1CCC(O)(c2ccc(Br)cn2)CC1. The number of hydrogen-bond acceptors (Lipinski definition) is 3. The van der Waals surface area contributed by atoms with E-state index >= 15 is 0 Å². The molecule has 0 atom stereocenters. The van der Waals surface area contributed by atoms with Crippen LogP contribution in [0.1, 0.15) is 52.1 Å². The molecule has 0 saturated heterocycles. The van der Waals surface area contributed by atoms with Crippen molar-refractivity contribution in [3.8, 4) is 0 Å². The quantitative estimate of drug-likeness (QED) is 0.744. The van der Waals surface area contributed by atoms with Crippen LogP contribution in [0.2, 0.25) is 18.1 Å². The lowest BCUT2D eigenvalue weighted by Gasteiger charge is -2.43. The van der Waals surface area contributed by atoms with Gasteiger partial charge in [-0.1, -0.05) is 20.8 Å². The van der Waals surface area contributed by atoms with Crippen molar-refractivity contribution in [1.29, 1.82) is 0 Å². The maximum atomic E-state index is 10.9. The molecule has 0 unspecified atom stereocenters. The van der Waals surface area contributed by atoms with E-state index in [2.05, 4.69) is 54.8 Å². The van der Waals surface area contributed by atoms with E-state index in [0.29, 0.717) is 0 Å². The van der Waals surface area contributed by atoms with Gasteiger partial charge in [-0.25, -0.2) is 0 Å². The molecule has 5 heteroatoms. The fourth-order valence-electron chi connectivity index (χ4n) is 2.69.